The SMILES string of the molecule is C=C/C=C\C(=NC)NC(=O)CC1CNC1.CC. The van der Waals surface area contributed by atoms with Crippen molar-refractivity contribution in [1.29, 1.82) is 0 Å². The van der Waals surface area contributed by atoms with Crippen LogP contribution in [0.25, 0.3) is 0 Å². The van der Waals surface area contributed by atoms with Gasteiger partial charge in [-0.05, 0) is 25.1 Å². The van der Waals surface area contributed by atoms with Gasteiger partial charge in [0, 0.05) is 13.5 Å². The number of nitrogens with one attached hydrogen (secondary N) is 2. The van der Waals surface area contributed by atoms with Crippen LogP contribution in [0.2, 0.25) is 0 Å². The number of aliphatic imine (C=N–C) groups is 1. The molecule has 0 unspecified atom stereocenters. The van der Waals surface area contributed by atoms with Crippen molar-refractivity contribution in [3.05, 3.63) is 24.8 Å². The molecule has 0 saturated carbocycles. The highest BCUT2D eigenvalue weighted by molar-refractivity contribution is 6.04. The summed E-state index contributed by atoms with van der Waals surface area (Å²) < 4.78 is 0. The molecule has 96 valence electrons. The summed E-state index contributed by atoms with van der Waals surface area (Å²) in [5.41, 5.74) is 0. The second-order valence-electron chi connectivity index (χ2n) is 3.48. The molecule has 4 heteroatoms. The molecule has 0 aromatic carbocycles. The molecular formula is C13H23N3O. The number of hydrogen-bond donors (Lipinski definition) is 2. The molecule has 0 radical (unpaired) electrons. The van der Waals surface area contributed by atoms with E-state index in [4.69, 9.17) is 0 Å². The second kappa shape index (κ2) is 9.78. The maximum atomic E-state index is 11.5. The Balaban J connectivity index is 0.00000121. The maximum absolute atomic E-state index is 11.5. The van der Waals surface area contributed by atoms with Gasteiger partial charge in [0.05, 0.1) is 0 Å². The van der Waals surface area contributed by atoms with Crippen LogP contribution in [0.4, 0.5) is 0 Å². The zero-order valence-electron chi connectivity index (χ0n) is 11.0. The number of carbonyl (C=O) groups excluding carboxylic acids is 1. The summed E-state index contributed by atoms with van der Waals surface area (Å²) in [6.45, 7) is 9.43. The Labute approximate surface area is 104 Å². The van der Waals surface area contributed by atoms with Gasteiger partial charge in [0.25, 0.3) is 0 Å². The molecular weight excluding hydrogens is 214 g/mol. The fourth-order valence-electron chi connectivity index (χ4n) is 1.28. The molecule has 1 aliphatic rings. The van der Waals surface area contributed by atoms with E-state index >= 15 is 0 Å². The third kappa shape index (κ3) is 6.68. The summed E-state index contributed by atoms with van der Waals surface area (Å²) in [7, 11) is 1.65. The van der Waals surface area contributed by atoms with Gasteiger partial charge in [-0.3, -0.25) is 9.79 Å². The average Bonchev–Trinajstić information content (AvgIpc) is 2.32. The first-order valence-electron chi connectivity index (χ1n) is 6.02. The van der Waals surface area contributed by atoms with E-state index in [0.717, 1.165) is 13.1 Å². The number of amidine groups is 1. The van der Waals surface area contributed by atoms with Crippen molar-refractivity contribution < 1.29 is 4.79 Å². The van der Waals surface area contributed by atoms with Crippen LogP contribution in [0.1, 0.15) is 20.3 Å². The van der Waals surface area contributed by atoms with E-state index in [1.54, 1.807) is 25.3 Å². The van der Waals surface area contributed by atoms with Gasteiger partial charge in [-0.2, -0.15) is 0 Å². The summed E-state index contributed by atoms with van der Waals surface area (Å²) >= 11 is 0. The van der Waals surface area contributed by atoms with Crippen LogP contribution in [0.5, 0.6) is 0 Å². The van der Waals surface area contributed by atoms with Crippen LogP contribution in [0.15, 0.2) is 29.8 Å². The molecule has 1 saturated heterocycles. The van der Waals surface area contributed by atoms with Gasteiger partial charge >= 0.3 is 0 Å². The van der Waals surface area contributed by atoms with E-state index in [-0.39, 0.29) is 5.91 Å². The lowest BCUT2D eigenvalue weighted by atomic mass is 9.99. The van der Waals surface area contributed by atoms with Crippen molar-refractivity contribution in [2.75, 3.05) is 20.1 Å². The molecule has 1 heterocycles. The van der Waals surface area contributed by atoms with Crippen LogP contribution in [-0.2, 0) is 4.79 Å². The largest absolute Gasteiger partial charge is 0.316 e. The van der Waals surface area contributed by atoms with Crippen molar-refractivity contribution in [1.82, 2.24) is 10.6 Å². The third-order valence-corrected chi connectivity index (χ3v) is 2.24. The Kier molecular flexibility index (Phi) is 8.96. The highest BCUT2D eigenvalue weighted by Gasteiger charge is 2.20. The highest BCUT2D eigenvalue weighted by Crippen LogP contribution is 2.07. The van der Waals surface area contributed by atoms with Crippen LogP contribution >= 0.6 is 0 Å². The van der Waals surface area contributed by atoms with E-state index in [2.05, 4.69) is 22.2 Å². The number of hydrogen-bond acceptors (Lipinski definition) is 3. The van der Waals surface area contributed by atoms with Gasteiger partial charge in [-0.15, -0.1) is 0 Å². The van der Waals surface area contributed by atoms with Crippen LogP contribution in [0, 0.1) is 5.92 Å². The fourth-order valence-corrected chi connectivity index (χ4v) is 1.28. The monoisotopic (exact) mass is 237 g/mol. The first-order valence-corrected chi connectivity index (χ1v) is 6.02. The van der Waals surface area contributed by atoms with Crippen molar-refractivity contribution in [2.24, 2.45) is 10.9 Å². The Morgan fingerprint density at radius 2 is 2.18 bits per heavy atom. The quantitative estimate of drug-likeness (QED) is 0.442. The Morgan fingerprint density at radius 3 is 2.59 bits per heavy atom. The number of rotatable bonds is 4. The minimum absolute atomic E-state index is 0.0239. The standard InChI is InChI=1S/C11H17N3O.C2H6/c1-3-4-5-10(12-2)14-11(15)6-9-7-13-8-9;1-2/h3-5,9,13H,1,6-8H2,2H3,(H,12,14,15);1-2H3/b5-4-;. The molecule has 0 bridgehead atoms. The molecule has 1 rings (SSSR count). The summed E-state index contributed by atoms with van der Waals surface area (Å²) in [5, 5.41) is 5.88. The predicted octanol–water partition coefficient (Wildman–Crippen LogP) is 1.51. The van der Waals surface area contributed by atoms with E-state index in [1.165, 1.54) is 0 Å². The number of carbonyl (C=O) groups is 1. The van der Waals surface area contributed by atoms with Gasteiger partial charge in [0.15, 0.2) is 0 Å². The molecule has 1 amide bonds. The predicted molar refractivity (Wildman–Crippen MR) is 73.2 cm³/mol. The van der Waals surface area contributed by atoms with Crippen molar-refractivity contribution in [2.45, 2.75) is 20.3 Å². The van der Waals surface area contributed by atoms with Gasteiger partial charge in [-0.1, -0.05) is 32.6 Å². The zero-order valence-corrected chi connectivity index (χ0v) is 11.0. The number of amides is 1. The summed E-state index contributed by atoms with van der Waals surface area (Å²) in [6.07, 6.45) is 5.68. The molecule has 0 aromatic heterocycles. The lowest BCUT2D eigenvalue weighted by Crippen LogP contribution is -2.45. The summed E-state index contributed by atoms with van der Waals surface area (Å²) in [4.78, 5) is 15.5. The molecule has 0 atom stereocenters. The van der Waals surface area contributed by atoms with E-state index in [9.17, 15) is 4.79 Å². The second-order valence-corrected chi connectivity index (χ2v) is 3.48. The first kappa shape index (κ1) is 15.6. The van der Waals surface area contributed by atoms with Crippen LogP contribution < -0.4 is 10.6 Å². The Morgan fingerprint density at radius 1 is 1.53 bits per heavy atom. The normalized spacial score (nSPS) is 15.8. The molecule has 2 N–H and O–H groups in total. The molecule has 0 aliphatic carbocycles. The molecule has 0 aromatic rings. The van der Waals surface area contributed by atoms with Crippen molar-refractivity contribution in [3.8, 4) is 0 Å². The van der Waals surface area contributed by atoms with Crippen molar-refractivity contribution in [3.63, 3.8) is 0 Å². The van der Waals surface area contributed by atoms with Crippen molar-refractivity contribution >= 4 is 11.7 Å². The summed E-state index contributed by atoms with van der Waals surface area (Å²) in [5.74, 6) is 1.08. The molecule has 17 heavy (non-hydrogen) atoms. The van der Waals surface area contributed by atoms with E-state index in [0.29, 0.717) is 18.2 Å². The smallest absolute Gasteiger partial charge is 0.225 e. The highest BCUT2D eigenvalue weighted by atomic mass is 16.1. The first-order chi connectivity index (χ1) is 8.26. The maximum Gasteiger partial charge on any atom is 0.225 e. The Bertz CT molecular complexity index is 291. The van der Waals surface area contributed by atoms with E-state index in [1.807, 2.05) is 13.8 Å². The lowest BCUT2D eigenvalue weighted by molar-refractivity contribution is -0.120. The van der Waals surface area contributed by atoms with Crippen LogP contribution in [-0.4, -0.2) is 31.9 Å². The van der Waals surface area contributed by atoms with Gasteiger partial charge in [0.1, 0.15) is 5.84 Å². The summed E-state index contributed by atoms with van der Waals surface area (Å²) in [6, 6.07) is 0. The lowest BCUT2D eigenvalue weighted by Gasteiger charge is -2.26. The Hall–Kier alpha value is -1.42. The van der Waals surface area contributed by atoms with E-state index < -0.39 is 0 Å². The third-order valence-electron chi connectivity index (χ3n) is 2.24. The number of allylic oxidation sites excluding steroid dienone is 2. The minimum atomic E-state index is 0.0239. The number of nitrogens with zero attached hydrogens (tertiary/aromatic N) is 1. The minimum Gasteiger partial charge on any atom is -0.316 e. The fraction of sp³-hybridized carbons (Fsp3) is 0.538. The van der Waals surface area contributed by atoms with Gasteiger partial charge in [-0.25, -0.2) is 0 Å². The molecule has 0 spiro atoms. The zero-order chi connectivity index (χ0) is 13.1. The average molecular weight is 237 g/mol. The van der Waals surface area contributed by atoms with Crippen LogP contribution in [0.3, 0.4) is 0 Å². The van der Waals surface area contributed by atoms with Gasteiger partial charge < -0.3 is 10.6 Å². The molecule has 1 fully saturated rings. The molecule has 4 nitrogen and oxygen atoms in total. The topological polar surface area (TPSA) is 53.5 Å². The molecule has 1 aliphatic heterocycles. The van der Waals surface area contributed by atoms with Gasteiger partial charge in [0.2, 0.25) is 5.91 Å².